The summed E-state index contributed by atoms with van der Waals surface area (Å²) in [7, 11) is 0. The minimum Gasteiger partial charge on any atom is -0.432 e. The number of aliphatic hydroxyl groups is 6. The Morgan fingerprint density at radius 2 is 1.28 bits per heavy atom. The number of esters is 1. The van der Waals surface area contributed by atoms with Crippen molar-refractivity contribution in [1.82, 2.24) is 0 Å². The SMILES string of the molecule is C[C@@H]1O[C@@H](OC(=O)C23CCC(C)(C)CC2C2=CC[C@@H]4[C@@]5(C)CC[C@H](O[C@@H]6O[C@@H](C)[C@H](O)[C@@H](O)[C@H]6O)C(C)(C)[C@@H]5CC[C@@]4(C)[C@]2(C)CC3)[C@H](O)[C@H](O)[C@H]1O. The summed E-state index contributed by atoms with van der Waals surface area (Å²) in [5.74, 6) is 0.372. The number of ether oxygens (including phenoxy) is 4. The van der Waals surface area contributed by atoms with Gasteiger partial charge in [0.1, 0.15) is 36.6 Å². The molecule has 11 nitrogen and oxygen atoms in total. The summed E-state index contributed by atoms with van der Waals surface area (Å²) in [5.41, 5.74) is 0.298. The van der Waals surface area contributed by atoms with Crippen LogP contribution in [-0.2, 0) is 23.7 Å². The van der Waals surface area contributed by atoms with Crippen LogP contribution in [0.15, 0.2) is 11.6 Å². The molecule has 0 spiro atoms. The fourth-order valence-corrected chi connectivity index (χ4v) is 13.5. The summed E-state index contributed by atoms with van der Waals surface area (Å²) in [6, 6.07) is 0. The van der Waals surface area contributed by atoms with Gasteiger partial charge in [-0.05, 0) is 123 Å². The van der Waals surface area contributed by atoms with Crippen molar-refractivity contribution < 1.29 is 54.4 Å². The van der Waals surface area contributed by atoms with E-state index in [0.29, 0.717) is 24.7 Å². The second-order valence-electron chi connectivity index (χ2n) is 20.6. The van der Waals surface area contributed by atoms with Crippen LogP contribution < -0.4 is 0 Å². The topological polar surface area (TPSA) is 175 Å². The molecule has 0 aromatic heterocycles. The molecule has 302 valence electrons. The smallest absolute Gasteiger partial charge is 0.315 e. The van der Waals surface area contributed by atoms with Gasteiger partial charge in [-0.15, -0.1) is 0 Å². The first-order valence-electron chi connectivity index (χ1n) is 20.5. The number of hydrogen-bond acceptors (Lipinski definition) is 11. The number of hydrogen-bond donors (Lipinski definition) is 6. The Hall–Kier alpha value is -1.15. The lowest BCUT2D eigenvalue weighted by atomic mass is 9.33. The molecule has 2 aliphatic heterocycles. The van der Waals surface area contributed by atoms with Crippen molar-refractivity contribution in [3.8, 4) is 0 Å². The Morgan fingerprint density at radius 3 is 1.92 bits per heavy atom. The maximum absolute atomic E-state index is 14.5. The predicted octanol–water partition coefficient (Wildman–Crippen LogP) is 4.37. The number of aliphatic hydroxyl groups excluding tert-OH is 6. The molecule has 6 fully saturated rings. The lowest BCUT2D eigenvalue weighted by Crippen LogP contribution is -2.66. The Kier molecular flexibility index (Phi) is 9.98. The molecule has 7 aliphatic rings. The summed E-state index contributed by atoms with van der Waals surface area (Å²) in [6.07, 6.45) is -0.881. The van der Waals surface area contributed by atoms with Crippen LogP contribution in [0.4, 0.5) is 0 Å². The predicted molar refractivity (Wildman–Crippen MR) is 195 cm³/mol. The molecule has 6 N–H and O–H groups in total. The van der Waals surface area contributed by atoms with Gasteiger partial charge >= 0.3 is 5.97 Å². The molecule has 0 aromatic rings. The largest absolute Gasteiger partial charge is 0.432 e. The molecule has 18 atom stereocenters. The number of allylic oxidation sites excluding steroid dienone is 2. The molecule has 2 saturated heterocycles. The molecule has 5 aliphatic carbocycles. The van der Waals surface area contributed by atoms with Crippen LogP contribution in [0.2, 0.25) is 0 Å². The van der Waals surface area contributed by atoms with Crippen molar-refractivity contribution in [2.24, 2.45) is 50.2 Å². The lowest BCUT2D eigenvalue weighted by Gasteiger charge is -2.71. The second-order valence-corrected chi connectivity index (χ2v) is 20.6. The molecule has 2 heterocycles. The van der Waals surface area contributed by atoms with Crippen molar-refractivity contribution in [2.45, 2.75) is 194 Å². The van der Waals surface area contributed by atoms with Crippen molar-refractivity contribution in [3.05, 3.63) is 11.6 Å². The maximum atomic E-state index is 14.5. The fourth-order valence-electron chi connectivity index (χ4n) is 13.5. The number of fused-ring (bicyclic) bond motifs is 7. The van der Waals surface area contributed by atoms with Crippen LogP contribution in [0.1, 0.15) is 127 Å². The van der Waals surface area contributed by atoms with Gasteiger partial charge in [-0.1, -0.05) is 60.1 Å². The molecule has 11 heteroatoms. The molecule has 4 saturated carbocycles. The van der Waals surface area contributed by atoms with E-state index in [9.17, 15) is 35.4 Å². The second kappa shape index (κ2) is 13.2. The normalized spacial score (nSPS) is 54.7. The van der Waals surface area contributed by atoms with E-state index in [1.165, 1.54) is 5.57 Å². The Labute approximate surface area is 315 Å². The van der Waals surface area contributed by atoms with E-state index < -0.39 is 66.8 Å². The molecule has 0 amide bonds. The summed E-state index contributed by atoms with van der Waals surface area (Å²) >= 11 is 0. The minimum absolute atomic E-state index is 0.0134. The van der Waals surface area contributed by atoms with Gasteiger partial charge in [0.15, 0.2) is 6.29 Å². The third-order valence-electron chi connectivity index (χ3n) is 17.1. The van der Waals surface area contributed by atoms with E-state index >= 15 is 0 Å². The average Bonchev–Trinajstić information content (AvgIpc) is 3.08. The Morgan fingerprint density at radius 1 is 0.698 bits per heavy atom. The highest BCUT2D eigenvalue weighted by molar-refractivity contribution is 5.79. The number of carbonyl (C=O) groups is 1. The van der Waals surface area contributed by atoms with Gasteiger partial charge in [-0.3, -0.25) is 4.79 Å². The highest BCUT2D eigenvalue weighted by Crippen LogP contribution is 2.76. The van der Waals surface area contributed by atoms with Gasteiger partial charge < -0.3 is 49.6 Å². The van der Waals surface area contributed by atoms with Crippen LogP contribution in [-0.4, -0.2) is 104 Å². The number of carbonyl (C=O) groups excluding carboxylic acids is 1. The van der Waals surface area contributed by atoms with Crippen LogP contribution in [0.5, 0.6) is 0 Å². The van der Waals surface area contributed by atoms with Crippen molar-refractivity contribution >= 4 is 5.97 Å². The van der Waals surface area contributed by atoms with Gasteiger partial charge in [0, 0.05) is 0 Å². The van der Waals surface area contributed by atoms with Crippen molar-refractivity contribution in [1.29, 1.82) is 0 Å². The zero-order valence-electron chi connectivity index (χ0n) is 33.5. The Bertz CT molecular complexity index is 1450. The van der Waals surface area contributed by atoms with E-state index in [0.717, 1.165) is 51.4 Å². The van der Waals surface area contributed by atoms with E-state index in [2.05, 4.69) is 54.5 Å². The standard InChI is InChI=1S/C42H68O11/c1-21-28(43)30(45)32(47)34(50-21)52-27-13-14-39(7)25(38(27,5)6)12-15-41(9)26(39)11-10-23-24-20-37(3,4)16-18-42(24,19-17-40(23,41)8)36(49)53-35-33(48)31(46)29(44)22(2)51-35/h10,21-22,24-35,43-48H,11-20H2,1-9H3/t21-,22-,24?,25-,26+,27-,28-,29-,30+,31+,32+,33+,34-,35-,39-,40+,41+,42?/m0/s1. The third kappa shape index (κ3) is 5.86. The van der Waals surface area contributed by atoms with E-state index in [1.807, 2.05) is 0 Å². The van der Waals surface area contributed by atoms with Gasteiger partial charge in [-0.2, -0.15) is 0 Å². The first kappa shape index (κ1) is 40.1. The highest BCUT2D eigenvalue weighted by Gasteiger charge is 2.70. The first-order valence-corrected chi connectivity index (χ1v) is 20.5. The zero-order valence-corrected chi connectivity index (χ0v) is 33.5. The van der Waals surface area contributed by atoms with E-state index in [-0.39, 0.29) is 45.1 Å². The monoisotopic (exact) mass is 748 g/mol. The molecule has 0 bridgehead atoms. The minimum atomic E-state index is -1.54. The van der Waals surface area contributed by atoms with Crippen LogP contribution in [0, 0.1) is 50.2 Å². The summed E-state index contributed by atoms with van der Waals surface area (Å²) < 4.78 is 24.2. The van der Waals surface area contributed by atoms with Crippen LogP contribution in [0.3, 0.4) is 0 Å². The fraction of sp³-hybridized carbons (Fsp3) is 0.929. The average molecular weight is 749 g/mol. The number of rotatable bonds is 4. The third-order valence-corrected chi connectivity index (χ3v) is 17.1. The first-order chi connectivity index (χ1) is 24.5. The molecule has 53 heavy (non-hydrogen) atoms. The molecule has 0 radical (unpaired) electrons. The molecule has 0 aromatic carbocycles. The van der Waals surface area contributed by atoms with Gasteiger partial charge in [0.2, 0.25) is 6.29 Å². The van der Waals surface area contributed by atoms with Gasteiger partial charge in [-0.25, -0.2) is 0 Å². The molecule has 7 rings (SSSR count). The lowest BCUT2D eigenvalue weighted by molar-refractivity contribution is -0.324. The highest BCUT2D eigenvalue weighted by atomic mass is 16.7. The zero-order chi connectivity index (χ0) is 38.8. The summed E-state index contributed by atoms with van der Waals surface area (Å²) in [4.78, 5) is 14.5. The van der Waals surface area contributed by atoms with Crippen LogP contribution >= 0.6 is 0 Å². The van der Waals surface area contributed by atoms with Gasteiger partial charge in [0.05, 0.1) is 23.7 Å². The molecule has 2 unspecified atom stereocenters. The van der Waals surface area contributed by atoms with Gasteiger partial charge in [0.25, 0.3) is 0 Å². The van der Waals surface area contributed by atoms with E-state index in [4.69, 9.17) is 18.9 Å². The quantitative estimate of drug-likeness (QED) is 0.137. The van der Waals surface area contributed by atoms with E-state index in [1.54, 1.807) is 13.8 Å². The van der Waals surface area contributed by atoms with Crippen LogP contribution in [0.25, 0.3) is 0 Å². The maximum Gasteiger partial charge on any atom is 0.315 e. The Balaban J connectivity index is 1.16. The van der Waals surface area contributed by atoms with Crippen molar-refractivity contribution in [2.75, 3.05) is 0 Å². The molecular formula is C42H68O11. The van der Waals surface area contributed by atoms with Crippen molar-refractivity contribution in [3.63, 3.8) is 0 Å². The summed E-state index contributed by atoms with van der Waals surface area (Å²) in [6.45, 7) is 19.9. The summed E-state index contributed by atoms with van der Waals surface area (Å²) in [5, 5.41) is 63.0. The molecular weight excluding hydrogens is 680 g/mol.